The van der Waals surface area contributed by atoms with Crippen molar-refractivity contribution in [1.82, 2.24) is 0 Å². The Kier molecular flexibility index (Phi) is 6.85. The highest BCUT2D eigenvalue weighted by atomic mass is 19.1. The summed E-state index contributed by atoms with van der Waals surface area (Å²) in [5.41, 5.74) is 7.38. The van der Waals surface area contributed by atoms with Gasteiger partial charge in [0, 0.05) is 24.3 Å². The summed E-state index contributed by atoms with van der Waals surface area (Å²) in [6.45, 7) is 8.93. The third kappa shape index (κ3) is 4.20. The molecule has 0 unspecified atom stereocenters. The molecule has 2 nitrogen and oxygen atoms in total. The maximum absolute atomic E-state index is 14.0. The molecule has 1 rings (SSSR count). The smallest absolute Gasteiger partial charge is 0.128 e. The van der Waals surface area contributed by atoms with Gasteiger partial charge >= 0.3 is 0 Å². The van der Waals surface area contributed by atoms with Gasteiger partial charge in [-0.25, -0.2) is 4.39 Å². The second-order valence-corrected chi connectivity index (χ2v) is 5.00. The molecule has 0 saturated carbocycles. The van der Waals surface area contributed by atoms with Gasteiger partial charge in [0.15, 0.2) is 0 Å². The van der Waals surface area contributed by atoms with Gasteiger partial charge in [0.25, 0.3) is 0 Å². The first-order valence-electron chi connectivity index (χ1n) is 7.40. The van der Waals surface area contributed by atoms with Crippen molar-refractivity contribution in [1.29, 1.82) is 0 Å². The van der Waals surface area contributed by atoms with Gasteiger partial charge in [0.1, 0.15) is 5.82 Å². The summed E-state index contributed by atoms with van der Waals surface area (Å²) >= 11 is 0. The summed E-state index contributed by atoms with van der Waals surface area (Å²) in [7, 11) is 0. The van der Waals surface area contributed by atoms with Crippen molar-refractivity contribution >= 4 is 5.69 Å². The fourth-order valence-electron chi connectivity index (χ4n) is 2.49. The monoisotopic (exact) mass is 266 g/mol. The zero-order valence-corrected chi connectivity index (χ0v) is 12.5. The topological polar surface area (TPSA) is 29.3 Å². The van der Waals surface area contributed by atoms with Crippen molar-refractivity contribution in [2.24, 2.45) is 11.7 Å². The van der Waals surface area contributed by atoms with Crippen molar-refractivity contribution in [3.05, 3.63) is 29.6 Å². The van der Waals surface area contributed by atoms with Crippen LogP contribution in [0, 0.1) is 11.7 Å². The van der Waals surface area contributed by atoms with Crippen LogP contribution in [0.2, 0.25) is 0 Å². The van der Waals surface area contributed by atoms with E-state index in [1.807, 2.05) is 6.07 Å². The maximum Gasteiger partial charge on any atom is 0.128 e. The Morgan fingerprint density at radius 1 is 1.21 bits per heavy atom. The zero-order valence-electron chi connectivity index (χ0n) is 12.5. The number of rotatable bonds is 8. The predicted molar refractivity (Wildman–Crippen MR) is 81.1 cm³/mol. The van der Waals surface area contributed by atoms with Crippen molar-refractivity contribution < 1.29 is 4.39 Å². The van der Waals surface area contributed by atoms with E-state index in [0.717, 1.165) is 37.2 Å². The first-order valence-corrected chi connectivity index (χ1v) is 7.40. The molecule has 0 aliphatic heterocycles. The normalized spacial score (nSPS) is 11.1. The second-order valence-electron chi connectivity index (χ2n) is 5.00. The molecule has 0 saturated heterocycles. The molecule has 0 spiro atoms. The summed E-state index contributed by atoms with van der Waals surface area (Å²) in [6, 6.07) is 5.33. The molecule has 0 bridgehead atoms. The van der Waals surface area contributed by atoms with E-state index < -0.39 is 0 Å². The number of halogens is 1. The molecule has 0 aromatic heterocycles. The van der Waals surface area contributed by atoms with E-state index in [9.17, 15) is 4.39 Å². The van der Waals surface area contributed by atoms with Crippen LogP contribution in [0.25, 0.3) is 0 Å². The minimum atomic E-state index is -0.133. The van der Waals surface area contributed by atoms with Gasteiger partial charge in [-0.1, -0.05) is 32.8 Å². The van der Waals surface area contributed by atoms with Gasteiger partial charge in [-0.3, -0.25) is 0 Å². The molecule has 0 heterocycles. The van der Waals surface area contributed by atoms with Crippen LogP contribution in [0.1, 0.15) is 39.2 Å². The Balaban J connectivity index is 3.00. The Morgan fingerprint density at radius 3 is 2.42 bits per heavy atom. The number of benzene rings is 1. The van der Waals surface area contributed by atoms with Crippen LogP contribution in [0.15, 0.2) is 18.2 Å². The van der Waals surface area contributed by atoms with Gasteiger partial charge in [-0.15, -0.1) is 0 Å². The van der Waals surface area contributed by atoms with Crippen LogP contribution in [0.3, 0.4) is 0 Å². The van der Waals surface area contributed by atoms with Crippen molar-refractivity contribution in [3.8, 4) is 0 Å². The van der Waals surface area contributed by atoms with Gasteiger partial charge in [0.05, 0.1) is 0 Å². The fraction of sp³-hybridized carbons (Fsp3) is 0.625. The largest absolute Gasteiger partial charge is 0.371 e. The molecule has 1 aromatic carbocycles. The number of nitrogens with zero attached hydrogens (tertiary/aromatic N) is 1. The number of hydrogen-bond donors (Lipinski definition) is 1. The van der Waals surface area contributed by atoms with Crippen LogP contribution < -0.4 is 10.6 Å². The van der Waals surface area contributed by atoms with Crippen LogP contribution in [-0.4, -0.2) is 19.6 Å². The molecule has 0 amide bonds. The first-order chi connectivity index (χ1) is 9.17. The maximum atomic E-state index is 14.0. The second kappa shape index (κ2) is 8.16. The molecular weight excluding hydrogens is 239 g/mol. The van der Waals surface area contributed by atoms with Crippen LogP contribution in [0.4, 0.5) is 10.1 Å². The lowest BCUT2D eigenvalue weighted by atomic mass is 10.0. The van der Waals surface area contributed by atoms with Gasteiger partial charge in [0.2, 0.25) is 0 Å². The van der Waals surface area contributed by atoms with Crippen LogP contribution >= 0.6 is 0 Å². The lowest BCUT2D eigenvalue weighted by Crippen LogP contribution is -2.30. The minimum absolute atomic E-state index is 0.133. The molecule has 2 N–H and O–H groups in total. The summed E-state index contributed by atoms with van der Waals surface area (Å²) in [5, 5.41) is 0. The van der Waals surface area contributed by atoms with Crippen molar-refractivity contribution in [2.75, 3.05) is 24.5 Å². The molecule has 1 aromatic rings. The number of hydrogen-bond acceptors (Lipinski definition) is 2. The van der Waals surface area contributed by atoms with E-state index in [-0.39, 0.29) is 5.82 Å². The molecular formula is C16H27FN2. The van der Waals surface area contributed by atoms with Gasteiger partial charge in [-0.05, 0) is 37.9 Å². The third-order valence-electron chi connectivity index (χ3n) is 3.84. The number of anilines is 1. The van der Waals surface area contributed by atoms with E-state index >= 15 is 0 Å². The quantitative estimate of drug-likeness (QED) is 0.779. The highest BCUT2D eigenvalue weighted by Gasteiger charge is 2.15. The van der Waals surface area contributed by atoms with Crippen molar-refractivity contribution in [2.45, 2.75) is 40.0 Å². The molecule has 0 aliphatic rings. The highest BCUT2D eigenvalue weighted by Crippen LogP contribution is 2.25. The summed E-state index contributed by atoms with van der Waals surface area (Å²) in [4.78, 5) is 2.28. The Labute approximate surface area is 116 Å². The third-order valence-corrected chi connectivity index (χ3v) is 3.84. The van der Waals surface area contributed by atoms with Crippen molar-refractivity contribution in [3.63, 3.8) is 0 Å². The highest BCUT2D eigenvalue weighted by molar-refractivity contribution is 5.54. The molecule has 0 fully saturated rings. The Bertz CT molecular complexity index is 375. The predicted octanol–water partition coefficient (Wildman–Crippen LogP) is 3.59. The SMILES string of the molecule is CCC(CC)CN(CC)c1cccc(F)c1CCN. The molecule has 108 valence electrons. The van der Waals surface area contributed by atoms with E-state index in [4.69, 9.17) is 5.73 Å². The Hall–Kier alpha value is -1.09. The Morgan fingerprint density at radius 2 is 1.89 bits per heavy atom. The van der Waals surface area contributed by atoms with E-state index in [2.05, 4.69) is 25.7 Å². The van der Waals surface area contributed by atoms with Crippen LogP contribution in [0.5, 0.6) is 0 Å². The summed E-state index contributed by atoms with van der Waals surface area (Å²) < 4.78 is 14.0. The molecule has 0 aliphatic carbocycles. The average molecular weight is 266 g/mol. The van der Waals surface area contributed by atoms with Crippen LogP contribution in [-0.2, 0) is 6.42 Å². The van der Waals surface area contributed by atoms with E-state index in [1.54, 1.807) is 6.07 Å². The molecule has 0 radical (unpaired) electrons. The zero-order chi connectivity index (χ0) is 14.3. The average Bonchev–Trinajstić information content (AvgIpc) is 2.43. The summed E-state index contributed by atoms with van der Waals surface area (Å²) in [6.07, 6.45) is 2.92. The lowest BCUT2D eigenvalue weighted by molar-refractivity contribution is 0.484. The molecule has 19 heavy (non-hydrogen) atoms. The van der Waals surface area contributed by atoms with E-state index in [1.165, 1.54) is 6.07 Å². The van der Waals surface area contributed by atoms with Gasteiger partial charge in [-0.2, -0.15) is 0 Å². The van der Waals surface area contributed by atoms with Gasteiger partial charge < -0.3 is 10.6 Å². The number of nitrogens with two attached hydrogens (primary N) is 1. The first kappa shape index (κ1) is 16.0. The summed E-state index contributed by atoms with van der Waals surface area (Å²) in [5.74, 6) is 0.528. The standard InChI is InChI=1S/C16H27FN2/c1-4-13(5-2)12-19(6-3)16-9-7-8-15(17)14(16)10-11-18/h7-9,13H,4-6,10-12,18H2,1-3H3. The molecule has 3 heteroatoms. The minimum Gasteiger partial charge on any atom is -0.371 e. The fourth-order valence-corrected chi connectivity index (χ4v) is 2.49. The molecule has 0 atom stereocenters. The lowest BCUT2D eigenvalue weighted by Gasteiger charge is -2.29. The van der Waals surface area contributed by atoms with E-state index in [0.29, 0.717) is 18.9 Å².